The first-order chi connectivity index (χ1) is 13.6. The number of carbonyl (C=O) groups excluding carboxylic acids is 1. The van der Waals surface area contributed by atoms with E-state index in [2.05, 4.69) is 27.2 Å². The van der Waals surface area contributed by atoms with Crippen molar-refractivity contribution in [2.24, 2.45) is 0 Å². The molecule has 4 heterocycles. The average molecular weight is 392 g/mol. The monoisotopic (exact) mass is 392 g/mol. The van der Waals surface area contributed by atoms with Gasteiger partial charge in [0.15, 0.2) is 0 Å². The molecule has 5 rings (SSSR count). The van der Waals surface area contributed by atoms with Crippen LogP contribution in [0.4, 0.5) is 0 Å². The number of para-hydroxylation sites is 1. The Kier molecular flexibility index (Phi) is 4.08. The van der Waals surface area contributed by atoms with Gasteiger partial charge in [-0.1, -0.05) is 12.1 Å². The molecule has 0 spiro atoms. The van der Waals surface area contributed by atoms with Crippen molar-refractivity contribution in [1.29, 1.82) is 0 Å². The van der Waals surface area contributed by atoms with Crippen LogP contribution in [0.3, 0.4) is 0 Å². The maximum Gasteiger partial charge on any atom is 0.293 e. The van der Waals surface area contributed by atoms with E-state index in [9.17, 15) is 4.79 Å². The van der Waals surface area contributed by atoms with Crippen LogP contribution in [0.25, 0.3) is 16.0 Å². The Hall–Kier alpha value is -2.87. The first kappa shape index (κ1) is 17.2. The van der Waals surface area contributed by atoms with Crippen molar-refractivity contribution in [1.82, 2.24) is 29.5 Å². The van der Waals surface area contributed by atoms with Gasteiger partial charge in [0.2, 0.25) is 5.82 Å². The number of carbonyl (C=O) groups is 1. The normalized spacial score (nSPS) is 15.6. The van der Waals surface area contributed by atoms with Gasteiger partial charge in [0, 0.05) is 30.4 Å². The number of thiazole rings is 1. The number of nitrogens with zero attached hydrogens (tertiary/aromatic N) is 6. The predicted molar refractivity (Wildman–Crippen MR) is 108 cm³/mol. The number of hydrogen-bond acceptors (Lipinski definition) is 6. The first-order valence-corrected chi connectivity index (χ1v) is 10.3. The zero-order valence-corrected chi connectivity index (χ0v) is 16.6. The fourth-order valence-corrected chi connectivity index (χ4v) is 4.93. The van der Waals surface area contributed by atoms with E-state index in [1.54, 1.807) is 15.9 Å². The van der Waals surface area contributed by atoms with Gasteiger partial charge in [-0.15, -0.1) is 16.4 Å². The molecule has 0 radical (unpaired) electrons. The summed E-state index contributed by atoms with van der Waals surface area (Å²) in [7, 11) is 0. The lowest BCUT2D eigenvalue weighted by atomic mass is 9.97. The topological polar surface area (TPSA) is 76.3 Å². The number of likely N-dealkylation sites (tertiary alicyclic amines) is 1. The van der Waals surface area contributed by atoms with Crippen LogP contribution in [0.5, 0.6) is 0 Å². The molecule has 0 unspecified atom stereocenters. The van der Waals surface area contributed by atoms with Crippen LogP contribution in [-0.4, -0.2) is 48.5 Å². The van der Waals surface area contributed by atoms with Gasteiger partial charge in [-0.2, -0.15) is 4.98 Å². The molecule has 0 bridgehead atoms. The lowest BCUT2D eigenvalue weighted by molar-refractivity contribution is 0.0701. The first-order valence-electron chi connectivity index (χ1n) is 9.44. The minimum atomic E-state index is -0.120. The summed E-state index contributed by atoms with van der Waals surface area (Å²) in [6.07, 6.45) is 1.82. The van der Waals surface area contributed by atoms with Crippen molar-refractivity contribution in [3.63, 3.8) is 0 Å². The van der Waals surface area contributed by atoms with E-state index in [0.717, 1.165) is 29.7 Å². The molecule has 4 aromatic rings. The van der Waals surface area contributed by atoms with Crippen molar-refractivity contribution in [2.45, 2.75) is 32.6 Å². The summed E-state index contributed by atoms with van der Waals surface area (Å²) in [6, 6.07) is 10.2. The van der Waals surface area contributed by atoms with Gasteiger partial charge in [0.05, 0.1) is 15.2 Å². The number of hydrogen-bond donors (Lipinski definition) is 0. The summed E-state index contributed by atoms with van der Waals surface area (Å²) in [4.78, 5) is 28.3. The molecule has 7 nitrogen and oxygen atoms in total. The van der Waals surface area contributed by atoms with Gasteiger partial charge in [0.25, 0.3) is 11.7 Å². The van der Waals surface area contributed by atoms with Crippen LogP contribution in [0, 0.1) is 13.8 Å². The molecule has 28 heavy (non-hydrogen) atoms. The Labute approximate surface area is 166 Å². The molecule has 1 aliphatic heterocycles. The van der Waals surface area contributed by atoms with Crippen LogP contribution in [-0.2, 0) is 0 Å². The molecular formula is C20H20N6OS. The molecule has 0 saturated carbocycles. The van der Waals surface area contributed by atoms with E-state index in [4.69, 9.17) is 4.98 Å². The van der Waals surface area contributed by atoms with Crippen LogP contribution in [0.15, 0.2) is 30.3 Å². The third-order valence-electron chi connectivity index (χ3n) is 5.25. The second kappa shape index (κ2) is 6.63. The highest BCUT2D eigenvalue weighted by atomic mass is 32.1. The van der Waals surface area contributed by atoms with E-state index >= 15 is 0 Å². The van der Waals surface area contributed by atoms with Gasteiger partial charge in [-0.3, -0.25) is 4.79 Å². The molecule has 0 atom stereocenters. The molecule has 1 aliphatic rings. The Morgan fingerprint density at radius 2 is 1.89 bits per heavy atom. The molecular weight excluding hydrogens is 372 g/mol. The zero-order valence-electron chi connectivity index (χ0n) is 15.8. The number of piperidine rings is 1. The molecule has 1 amide bonds. The maximum absolute atomic E-state index is 12.9. The molecule has 0 aliphatic carbocycles. The fourth-order valence-electron chi connectivity index (χ4n) is 3.79. The Balaban J connectivity index is 1.32. The number of fused-ring (bicyclic) bond motifs is 2. The molecule has 1 aromatic carbocycles. The summed E-state index contributed by atoms with van der Waals surface area (Å²) < 4.78 is 2.86. The largest absolute Gasteiger partial charge is 0.336 e. The van der Waals surface area contributed by atoms with Crippen molar-refractivity contribution in [3.8, 4) is 0 Å². The summed E-state index contributed by atoms with van der Waals surface area (Å²) >= 11 is 1.76. The minimum absolute atomic E-state index is 0.120. The highest BCUT2D eigenvalue weighted by Gasteiger charge is 2.28. The highest BCUT2D eigenvalue weighted by molar-refractivity contribution is 7.18. The van der Waals surface area contributed by atoms with Gasteiger partial charge >= 0.3 is 0 Å². The molecule has 0 N–H and O–H groups in total. The van der Waals surface area contributed by atoms with Crippen LogP contribution in [0.1, 0.15) is 45.8 Å². The number of rotatable bonds is 2. The Bertz CT molecular complexity index is 1160. The van der Waals surface area contributed by atoms with Crippen LogP contribution < -0.4 is 0 Å². The fraction of sp³-hybridized carbons (Fsp3) is 0.350. The van der Waals surface area contributed by atoms with Crippen molar-refractivity contribution >= 4 is 33.2 Å². The van der Waals surface area contributed by atoms with Gasteiger partial charge in [-0.25, -0.2) is 14.5 Å². The Morgan fingerprint density at radius 3 is 2.68 bits per heavy atom. The van der Waals surface area contributed by atoms with Crippen LogP contribution in [0.2, 0.25) is 0 Å². The maximum atomic E-state index is 12.9. The van der Waals surface area contributed by atoms with E-state index in [1.807, 2.05) is 36.9 Å². The van der Waals surface area contributed by atoms with Gasteiger partial charge in [0.1, 0.15) is 0 Å². The second-order valence-corrected chi connectivity index (χ2v) is 8.33. The van der Waals surface area contributed by atoms with E-state index in [-0.39, 0.29) is 11.7 Å². The number of aryl methyl sites for hydroxylation is 2. The quantitative estimate of drug-likeness (QED) is 0.523. The average Bonchev–Trinajstić information content (AvgIpc) is 3.32. The minimum Gasteiger partial charge on any atom is -0.336 e. The molecule has 1 fully saturated rings. The number of amides is 1. The predicted octanol–water partition coefficient (Wildman–Crippen LogP) is 3.37. The standard InChI is InChI=1S/C20H20N6OS/c1-12-11-13(2)26-20(21-12)23-17(24-26)19(27)25-9-7-14(8-10-25)18-22-15-5-3-4-6-16(15)28-18/h3-6,11,14H,7-10H2,1-2H3. The summed E-state index contributed by atoms with van der Waals surface area (Å²) in [6.45, 7) is 5.24. The van der Waals surface area contributed by atoms with Crippen molar-refractivity contribution < 1.29 is 4.79 Å². The lowest BCUT2D eigenvalue weighted by Gasteiger charge is -2.30. The SMILES string of the molecule is Cc1cc(C)n2nc(C(=O)N3CCC(c4nc5ccccc5s4)CC3)nc2n1. The third kappa shape index (κ3) is 2.93. The summed E-state index contributed by atoms with van der Waals surface area (Å²) in [5.41, 5.74) is 2.85. The number of aromatic nitrogens is 5. The highest BCUT2D eigenvalue weighted by Crippen LogP contribution is 2.34. The molecule has 1 saturated heterocycles. The molecule has 3 aromatic heterocycles. The third-order valence-corrected chi connectivity index (χ3v) is 6.45. The molecule has 142 valence electrons. The lowest BCUT2D eigenvalue weighted by Crippen LogP contribution is -2.38. The van der Waals surface area contributed by atoms with Crippen LogP contribution >= 0.6 is 11.3 Å². The smallest absolute Gasteiger partial charge is 0.293 e. The zero-order chi connectivity index (χ0) is 19.3. The van der Waals surface area contributed by atoms with E-state index < -0.39 is 0 Å². The van der Waals surface area contributed by atoms with Gasteiger partial charge < -0.3 is 4.90 Å². The summed E-state index contributed by atoms with van der Waals surface area (Å²) in [5, 5.41) is 5.55. The van der Waals surface area contributed by atoms with Crippen molar-refractivity contribution in [3.05, 3.63) is 52.6 Å². The second-order valence-electron chi connectivity index (χ2n) is 7.27. The van der Waals surface area contributed by atoms with E-state index in [1.165, 1.54) is 9.71 Å². The van der Waals surface area contributed by atoms with Gasteiger partial charge in [-0.05, 0) is 44.9 Å². The number of benzene rings is 1. The van der Waals surface area contributed by atoms with Crippen molar-refractivity contribution in [2.75, 3.05) is 13.1 Å². The Morgan fingerprint density at radius 1 is 1.11 bits per heavy atom. The van der Waals surface area contributed by atoms with E-state index in [0.29, 0.717) is 24.8 Å². The molecule has 8 heteroatoms. The summed E-state index contributed by atoms with van der Waals surface area (Å²) in [5.74, 6) is 0.984.